The van der Waals surface area contributed by atoms with Crippen molar-refractivity contribution in [1.29, 1.82) is 0 Å². The van der Waals surface area contributed by atoms with E-state index in [9.17, 15) is 9.18 Å². The number of pyridine rings is 1. The molecule has 0 unspecified atom stereocenters. The van der Waals surface area contributed by atoms with Crippen LogP contribution in [-0.2, 0) is 0 Å². The molecule has 1 aromatic carbocycles. The third kappa shape index (κ3) is 5.61. The summed E-state index contributed by atoms with van der Waals surface area (Å²) < 4.78 is 20.4. The molecule has 5 rings (SSSR count). The summed E-state index contributed by atoms with van der Waals surface area (Å²) in [5.74, 6) is -0.256. The molecule has 192 valence electrons. The van der Waals surface area contributed by atoms with Crippen LogP contribution in [0.1, 0.15) is 48.0 Å². The minimum absolute atomic E-state index is 0. The van der Waals surface area contributed by atoms with Crippen LogP contribution in [0, 0.1) is 5.82 Å². The maximum atomic E-state index is 14.7. The van der Waals surface area contributed by atoms with Crippen LogP contribution in [0.4, 0.5) is 10.2 Å². The summed E-state index contributed by atoms with van der Waals surface area (Å²) in [6, 6.07) is 6.81. The third-order valence-electron chi connectivity index (χ3n) is 6.38. The maximum Gasteiger partial charge on any atom is 0.316 e. The lowest BCUT2D eigenvalue weighted by Gasteiger charge is -2.24. The first-order valence-corrected chi connectivity index (χ1v) is 11.9. The number of benzene rings is 1. The van der Waals surface area contributed by atoms with E-state index in [1.807, 2.05) is 13.0 Å². The number of halogens is 1. The normalized spacial score (nSPS) is 13.8. The highest BCUT2D eigenvalue weighted by atomic mass is 32.1. The second-order valence-corrected chi connectivity index (χ2v) is 8.79. The molecule has 0 aliphatic heterocycles. The van der Waals surface area contributed by atoms with Crippen LogP contribution in [0.3, 0.4) is 0 Å². The van der Waals surface area contributed by atoms with Gasteiger partial charge in [-0.25, -0.2) is 24.3 Å². The van der Waals surface area contributed by atoms with Crippen LogP contribution in [0.5, 0.6) is 6.01 Å². The monoisotopic (exact) mass is 521 g/mol. The number of hydrogen-bond donors (Lipinski definition) is 2. The number of anilines is 1. The molecule has 3 heterocycles. The van der Waals surface area contributed by atoms with Crippen LogP contribution >= 0.6 is 13.5 Å². The summed E-state index contributed by atoms with van der Waals surface area (Å²) in [4.78, 5) is 33.9. The van der Waals surface area contributed by atoms with Crippen LogP contribution in [0.2, 0.25) is 0 Å². The van der Waals surface area contributed by atoms with E-state index < -0.39 is 5.82 Å². The van der Waals surface area contributed by atoms with E-state index in [-0.39, 0.29) is 42.4 Å². The van der Waals surface area contributed by atoms with Crippen molar-refractivity contribution in [3.8, 4) is 17.3 Å². The molecule has 9 nitrogen and oxygen atoms in total. The van der Waals surface area contributed by atoms with Crippen LogP contribution in [0.15, 0.2) is 49.2 Å². The summed E-state index contributed by atoms with van der Waals surface area (Å²) in [7, 11) is 1.52. The Morgan fingerprint density at radius 2 is 1.92 bits per heavy atom. The molecule has 0 saturated heterocycles. The van der Waals surface area contributed by atoms with Gasteiger partial charge in [0.1, 0.15) is 24.1 Å². The zero-order chi connectivity index (χ0) is 25.1. The summed E-state index contributed by atoms with van der Waals surface area (Å²) in [5, 5.41) is 6.09. The molecule has 1 saturated carbocycles. The SMILES string of the molecule is CNC(=O)c1ccnc2c([C@H](C)CNc3cc(-c4cnc(OC5CCC5)nc4)ncn3)ccc(F)c12.S. The van der Waals surface area contributed by atoms with Crippen molar-refractivity contribution in [3.63, 3.8) is 0 Å². The van der Waals surface area contributed by atoms with Gasteiger partial charge in [0.25, 0.3) is 5.91 Å². The van der Waals surface area contributed by atoms with Crippen LogP contribution in [-0.4, -0.2) is 50.5 Å². The highest BCUT2D eigenvalue weighted by Crippen LogP contribution is 2.29. The standard InChI is InChI=1S/C26H26FN7O2.H2S/c1-15(18-6-7-20(27)23-19(25(35)28-2)8-9-29-24(18)23)11-30-22-10-21(33-14-34-22)16-12-31-26(32-13-16)36-17-4-3-5-17;/h6-10,12-15,17H,3-5,11H2,1-2H3,(H,28,35)(H,30,33,34);1H2/t15-;/m1./s1. The van der Waals surface area contributed by atoms with E-state index in [1.54, 1.807) is 18.5 Å². The molecule has 1 atom stereocenters. The molecule has 0 bridgehead atoms. The van der Waals surface area contributed by atoms with E-state index >= 15 is 0 Å². The van der Waals surface area contributed by atoms with Crippen molar-refractivity contribution in [3.05, 3.63) is 66.1 Å². The lowest BCUT2D eigenvalue weighted by atomic mass is 9.95. The van der Waals surface area contributed by atoms with E-state index in [0.29, 0.717) is 29.6 Å². The van der Waals surface area contributed by atoms with E-state index in [1.165, 1.54) is 38.1 Å². The first-order chi connectivity index (χ1) is 17.5. The fourth-order valence-corrected chi connectivity index (χ4v) is 4.10. The number of aromatic nitrogens is 5. The molecule has 1 fully saturated rings. The Hall–Kier alpha value is -3.86. The molecule has 0 radical (unpaired) electrons. The van der Waals surface area contributed by atoms with Gasteiger partial charge in [-0.2, -0.15) is 13.5 Å². The summed E-state index contributed by atoms with van der Waals surface area (Å²) in [6.07, 6.45) is 9.88. The summed E-state index contributed by atoms with van der Waals surface area (Å²) in [5.41, 5.74) is 2.99. The minimum Gasteiger partial charge on any atom is -0.460 e. The highest BCUT2D eigenvalue weighted by molar-refractivity contribution is 7.59. The number of fused-ring (bicyclic) bond motifs is 1. The van der Waals surface area contributed by atoms with Gasteiger partial charge in [0.2, 0.25) is 0 Å². The van der Waals surface area contributed by atoms with Crippen molar-refractivity contribution < 1.29 is 13.9 Å². The lowest BCUT2D eigenvalue weighted by Crippen LogP contribution is -2.25. The summed E-state index contributed by atoms with van der Waals surface area (Å²) in [6.45, 7) is 2.51. The average Bonchev–Trinajstić information content (AvgIpc) is 2.89. The molecule has 2 N–H and O–H groups in total. The Morgan fingerprint density at radius 1 is 1.14 bits per heavy atom. The van der Waals surface area contributed by atoms with Crippen LogP contribution < -0.4 is 15.4 Å². The number of rotatable bonds is 8. The zero-order valence-corrected chi connectivity index (χ0v) is 21.5. The zero-order valence-electron chi connectivity index (χ0n) is 20.5. The number of nitrogens with one attached hydrogen (secondary N) is 2. The Labute approximate surface area is 220 Å². The molecule has 1 aliphatic carbocycles. The Morgan fingerprint density at radius 3 is 2.62 bits per heavy atom. The molecule has 3 aromatic heterocycles. The second-order valence-electron chi connectivity index (χ2n) is 8.79. The van der Waals surface area contributed by atoms with Crippen LogP contribution in [0.25, 0.3) is 22.2 Å². The van der Waals surface area contributed by atoms with Crippen molar-refractivity contribution in [2.24, 2.45) is 0 Å². The largest absolute Gasteiger partial charge is 0.460 e. The van der Waals surface area contributed by atoms with Gasteiger partial charge in [-0.1, -0.05) is 13.0 Å². The molecule has 37 heavy (non-hydrogen) atoms. The van der Waals surface area contributed by atoms with Crippen molar-refractivity contribution in [2.75, 3.05) is 18.9 Å². The van der Waals surface area contributed by atoms with Gasteiger partial charge in [0.05, 0.1) is 16.8 Å². The summed E-state index contributed by atoms with van der Waals surface area (Å²) >= 11 is 0. The van der Waals surface area contributed by atoms with Gasteiger partial charge in [-0.15, -0.1) is 0 Å². The number of hydrogen-bond acceptors (Lipinski definition) is 8. The van der Waals surface area contributed by atoms with E-state index in [2.05, 4.69) is 35.6 Å². The van der Waals surface area contributed by atoms with Crippen molar-refractivity contribution in [2.45, 2.75) is 38.2 Å². The van der Waals surface area contributed by atoms with Crippen molar-refractivity contribution in [1.82, 2.24) is 30.2 Å². The average molecular weight is 522 g/mol. The lowest BCUT2D eigenvalue weighted by molar-refractivity contribution is 0.0964. The van der Waals surface area contributed by atoms with E-state index in [0.717, 1.165) is 24.0 Å². The van der Waals surface area contributed by atoms with Crippen molar-refractivity contribution >= 4 is 36.1 Å². The van der Waals surface area contributed by atoms with Gasteiger partial charge < -0.3 is 15.4 Å². The predicted molar refractivity (Wildman–Crippen MR) is 144 cm³/mol. The number of carbonyl (C=O) groups excluding carboxylic acids is 1. The second kappa shape index (κ2) is 11.5. The number of ether oxygens (including phenoxy) is 1. The Kier molecular flexibility index (Phi) is 8.12. The molecular formula is C26H28FN7O2S. The molecule has 0 spiro atoms. The van der Waals surface area contributed by atoms with Gasteiger partial charge in [0.15, 0.2) is 0 Å². The maximum absolute atomic E-state index is 14.7. The third-order valence-corrected chi connectivity index (χ3v) is 6.38. The minimum atomic E-state index is -0.479. The first-order valence-electron chi connectivity index (χ1n) is 11.9. The predicted octanol–water partition coefficient (Wildman–Crippen LogP) is 4.24. The topological polar surface area (TPSA) is 115 Å². The molecule has 1 amide bonds. The fraction of sp³-hybridized carbons (Fsp3) is 0.308. The number of amides is 1. The quantitative estimate of drug-likeness (QED) is 0.354. The smallest absolute Gasteiger partial charge is 0.316 e. The van der Waals surface area contributed by atoms with Gasteiger partial charge in [-0.05, 0) is 37.0 Å². The van der Waals surface area contributed by atoms with E-state index in [4.69, 9.17) is 4.74 Å². The molecule has 1 aliphatic rings. The number of nitrogens with zero attached hydrogens (tertiary/aromatic N) is 5. The first kappa shape index (κ1) is 26.2. The molecular weight excluding hydrogens is 493 g/mol. The molecule has 11 heteroatoms. The Balaban J connectivity index is 0.00000320. The fourth-order valence-electron chi connectivity index (χ4n) is 4.10. The van der Waals surface area contributed by atoms with Gasteiger partial charge in [0, 0.05) is 55.1 Å². The molecule has 4 aromatic rings. The number of carbonyl (C=O) groups is 1. The van der Waals surface area contributed by atoms with Gasteiger partial charge in [-0.3, -0.25) is 9.78 Å². The van der Waals surface area contributed by atoms with Gasteiger partial charge >= 0.3 is 6.01 Å². The Bertz CT molecular complexity index is 1400. The highest BCUT2D eigenvalue weighted by Gasteiger charge is 2.21.